The molecule has 0 saturated carbocycles. The normalized spacial score (nSPS) is 10.7. The topological polar surface area (TPSA) is 99.0 Å². The molecule has 0 atom stereocenters. The van der Waals surface area contributed by atoms with E-state index in [2.05, 4.69) is 20.4 Å². The third kappa shape index (κ3) is 4.98. The summed E-state index contributed by atoms with van der Waals surface area (Å²) in [7, 11) is 1.43. The van der Waals surface area contributed by atoms with Crippen LogP contribution in [0.5, 0.6) is 5.75 Å². The molecule has 2 aromatic heterocycles. The monoisotopic (exact) mass is 459 g/mol. The second-order valence-electron chi connectivity index (χ2n) is 7.37. The molecule has 9 heteroatoms. The van der Waals surface area contributed by atoms with Gasteiger partial charge in [0.05, 0.1) is 30.3 Å². The molecule has 2 aromatic carbocycles. The summed E-state index contributed by atoms with van der Waals surface area (Å²) in [5, 5.41) is 6.79. The zero-order valence-electron chi connectivity index (χ0n) is 18.7. The number of ether oxygens (including phenoxy) is 1. The molecule has 0 aliphatic rings. The molecular weight excluding hydrogens is 437 g/mol. The summed E-state index contributed by atoms with van der Waals surface area (Å²) >= 11 is 0. The fraction of sp³-hybridized carbons (Fsp3) is 0.160. The highest BCUT2D eigenvalue weighted by atomic mass is 19.1. The first-order valence-electron chi connectivity index (χ1n) is 10.6. The zero-order valence-corrected chi connectivity index (χ0v) is 18.7. The molecule has 0 spiro atoms. The number of carbonyl (C=O) groups is 1. The van der Waals surface area contributed by atoms with Crippen LogP contribution in [0, 0.1) is 5.82 Å². The van der Waals surface area contributed by atoms with Crippen LogP contribution in [0.1, 0.15) is 28.5 Å². The highest BCUT2D eigenvalue weighted by Crippen LogP contribution is 2.19. The molecule has 34 heavy (non-hydrogen) atoms. The van der Waals surface area contributed by atoms with Gasteiger partial charge in [-0.2, -0.15) is 5.10 Å². The van der Waals surface area contributed by atoms with Crippen molar-refractivity contribution in [2.45, 2.75) is 13.3 Å². The van der Waals surface area contributed by atoms with E-state index in [9.17, 15) is 14.0 Å². The number of carbonyl (C=O) groups excluding carboxylic acids is 1. The average molecular weight is 459 g/mol. The second-order valence-corrected chi connectivity index (χ2v) is 7.37. The fourth-order valence-corrected chi connectivity index (χ4v) is 3.40. The average Bonchev–Trinajstić information content (AvgIpc) is 2.86. The molecule has 0 radical (unpaired) electrons. The minimum Gasteiger partial charge on any atom is -0.491 e. The Morgan fingerprint density at radius 2 is 1.91 bits per heavy atom. The first-order chi connectivity index (χ1) is 16.5. The van der Waals surface area contributed by atoms with E-state index in [0.717, 1.165) is 11.1 Å². The molecule has 0 aliphatic heterocycles. The van der Waals surface area contributed by atoms with Crippen LogP contribution in [0.2, 0.25) is 0 Å². The Kier molecular flexibility index (Phi) is 6.72. The summed E-state index contributed by atoms with van der Waals surface area (Å²) < 4.78 is 21.2. The molecule has 0 fully saturated rings. The molecule has 172 valence electrons. The summed E-state index contributed by atoms with van der Waals surface area (Å²) in [5.74, 6) is -0.0670. The van der Waals surface area contributed by atoms with Crippen molar-refractivity contribution in [2.24, 2.45) is 0 Å². The predicted octanol–water partition coefficient (Wildman–Crippen LogP) is 3.18. The number of nitrogens with one attached hydrogen (secondary N) is 1. The lowest BCUT2D eigenvalue weighted by molar-refractivity contribution is 0.0959. The zero-order chi connectivity index (χ0) is 24.1. The predicted molar refractivity (Wildman–Crippen MR) is 125 cm³/mol. The number of aromatic nitrogens is 4. The number of benzene rings is 2. The summed E-state index contributed by atoms with van der Waals surface area (Å²) in [6.45, 7) is 2.42. The van der Waals surface area contributed by atoms with E-state index in [-0.39, 0.29) is 17.4 Å². The maximum Gasteiger partial charge on any atom is 0.253 e. The lowest BCUT2D eigenvalue weighted by atomic mass is 10.1. The van der Waals surface area contributed by atoms with Gasteiger partial charge in [-0.15, -0.1) is 0 Å². The number of hydrogen-bond donors (Lipinski definition) is 1. The van der Waals surface area contributed by atoms with Gasteiger partial charge < -0.3 is 10.1 Å². The molecule has 2 heterocycles. The van der Waals surface area contributed by atoms with Gasteiger partial charge in [0.25, 0.3) is 5.91 Å². The van der Waals surface area contributed by atoms with Crippen molar-refractivity contribution >= 4 is 5.91 Å². The van der Waals surface area contributed by atoms with E-state index < -0.39 is 11.7 Å². The van der Waals surface area contributed by atoms with Crippen LogP contribution in [0.25, 0.3) is 17.1 Å². The number of hydrogen-bond acceptors (Lipinski definition) is 6. The highest BCUT2D eigenvalue weighted by Gasteiger charge is 2.13. The van der Waals surface area contributed by atoms with Crippen LogP contribution in [-0.2, 0) is 6.42 Å². The van der Waals surface area contributed by atoms with Gasteiger partial charge in [-0.25, -0.2) is 19.0 Å². The van der Waals surface area contributed by atoms with Crippen molar-refractivity contribution in [3.05, 3.63) is 100.0 Å². The molecule has 0 aliphatic carbocycles. The minimum atomic E-state index is -0.679. The lowest BCUT2D eigenvalue weighted by Crippen LogP contribution is -2.20. The maximum atomic E-state index is 14.4. The second kappa shape index (κ2) is 10.0. The minimum absolute atomic E-state index is 0.0687. The summed E-state index contributed by atoms with van der Waals surface area (Å²) in [6, 6.07) is 13.1. The Hall–Kier alpha value is -4.40. The Morgan fingerprint density at radius 3 is 2.62 bits per heavy atom. The van der Waals surface area contributed by atoms with E-state index in [4.69, 9.17) is 4.74 Å². The molecule has 1 amide bonds. The van der Waals surface area contributed by atoms with Gasteiger partial charge in [0.15, 0.2) is 11.6 Å². The van der Waals surface area contributed by atoms with E-state index in [1.807, 2.05) is 31.2 Å². The SMILES string of the molecule is CCOc1cnc(-c2cccc(Cc3nn(-c4ccc(C(=O)NC)c(F)c4)ccc3=O)c2)nc1. The Bertz CT molecular complexity index is 1390. The van der Waals surface area contributed by atoms with Crippen LogP contribution in [0.15, 0.2) is 71.9 Å². The van der Waals surface area contributed by atoms with E-state index in [1.54, 1.807) is 18.5 Å². The fourth-order valence-electron chi connectivity index (χ4n) is 3.40. The first kappa shape index (κ1) is 22.8. The van der Waals surface area contributed by atoms with Crippen molar-refractivity contribution in [3.8, 4) is 22.8 Å². The van der Waals surface area contributed by atoms with Crippen LogP contribution in [0.4, 0.5) is 4.39 Å². The van der Waals surface area contributed by atoms with Gasteiger partial charge in [-0.05, 0) is 30.7 Å². The van der Waals surface area contributed by atoms with Crippen LogP contribution >= 0.6 is 0 Å². The molecule has 1 N–H and O–H groups in total. The largest absolute Gasteiger partial charge is 0.491 e. The van der Waals surface area contributed by atoms with Gasteiger partial charge in [0.2, 0.25) is 5.43 Å². The molecule has 4 aromatic rings. The lowest BCUT2D eigenvalue weighted by Gasteiger charge is -2.10. The van der Waals surface area contributed by atoms with Crippen molar-refractivity contribution in [1.29, 1.82) is 0 Å². The Morgan fingerprint density at radius 1 is 1.12 bits per heavy atom. The first-order valence-corrected chi connectivity index (χ1v) is 10.6. The van der Waals surface area contributed by atoms with E-state index in [1.165, 1.54) is 36.1 Å². The molecule has 0 unspecified atom stereocenters. The summed E-state index contributed by atoms with van der Waals surface area (Å²) in [5.41, 5.74) is 2.02. The highest BCUT2D eigenvalue weighted by molar-refractivity contribution is 5.94. The van der Waals surface area contributed by atoms with Gasteiger partial charge in [0, 0.05) is 37.4 Å². The number of amides is 1. The molecule has 0 saturated heterocycles. The van der Waals surface area contributed by atoms with Gasteiger partial charge in [-0.3, -0.25) is 9.59 Å². The molecular formula is C25H22FN5O3. The molecule has 0 bridgehead atoms. The Labute approximate surface area is 195 Å². The third-order valence-electron chi connectivity index (χ3n) is 5.06. The van der Waals surface area contributed by atoms with Crippen molar-refractivity contribution in [2.75, 3.05) is 13.7 Å². The number of halogens is 1. The van der Waals surface area contributed by atoms with Gasteiger partial charge in [0.1, 0.15) is 11.5 Å². The number of rotatable bonds is 7. The maximum absolute atomic E-state index is 14.4. The summed E-state index contributed by atoms with van der Waals surface area (Å²) in [6.07, 6.45) is 4.96. The standard InChI is InChI=1S/C25H22FN5O3/c1-3-34-19-14-28-24(29-15-19)17-6-4-5-16(11-17)12-22-23(32)9-10-31(30-22)18-7-8-20(21(26)13-18)25(33)27-2/h4-11,13-15H,3,12H2,1-2H3,(H,27,33). The smallest absolute Gasteiger partial charge is 0.253 e. The van der Waals surface area contributed by atoms with Gasteiger partial charge >= 0.3 is 0 Å². The quantitative estimate of drug-likeness (QED) is 0.456. The summed E-state index contributed by atoms with van der Waals surface area (Å²) in [4.78, 5) is 32.9. The van der Waals surface area contributed by atoms with Crippen LogP contribution in [-0.4, -0.2) is 39.3 Å². The van der Waals surface area contributed by atoms with Crippen molar-refractivity contribution < 1.29 is 13.9 Å². The Balaban J connectivity index is 1.60. The van der Waals surface area contributed by atoms with Crippen molar-refractivity contribution in [1.82, 2.24) is 25.1 Å². The van der Waals surface area contributed by atoms with Crippen molar-refractivity contribution in [3.63, 3.8) is 0 Å². The van der Waals surface area contributed by atoms with E-state index >= 15 is 0 Å². The number of nitrogens with zero attached hydrogens (tertiary/aromatic N) is 4. The molecule has 8 nitrogen and oxygen atoms in total. The molecule has 4 rings (SSSR count). The van der Waals surface area contributed by atoms with Crippen LogP contribution in [0.3, 0.4) is 0 Å². The van der Waals surface area contributed by atoms with Crippen LogP contribution < -0.4 is 15.5 Å². The third-order valence-corrected chi connectivity index (χ3v) is 5.06. The van der Waals surface area contributed by atoms with E-state index in [0.29, 0.717) is 29.6 Å². The van der Waals surface area contributed by atoms with Gasteiger partial charge in [-0.1, -0.05) is 18.2 Å².